The number of aromatic nitrogens is 3. The van der Waals surface area contributed by atoms with E-state index in [0.717, 1.165) is 43.3 Å². The number of halogens is 1. The van der Waals surface area contributed by atoms with E-state index in [1.54, 1.807) is 6.33 Å². The SMILES string of the molecule is CCC(CC)C1CCN(C(=NC)NCc2nncn2CC)C1.I. The van der Waals surface area contributed by atoms with E-state index in [1.807, 2.05) is 7.05 Å². The van der Waals surface area contributed by atoms with E-state index >= 15 is 0 Å². The van der Waals surface area contributed by atoms with E-state index in [4.69, 9.17) is 0 Å². The predicted molar refractivity (Wildman–Crippen MR) is 105 cm³/mol. The lowest BCUT2D eigenvalue weighted by atomic mass is 9.87. The molecule has 1 unspecified atom stereocenters. The summed E-state index contributed by atoms with van der Waals surface area (Å²) < 4.78 is 2.05. The van der Waals surface area contributed by atoms with E-state index in [0.29, 0.717) is 6.54 Å². The number of rotatable bonds is 6. The first-order valence-electron chi connectivity index (χ1n) is 8.55. The fourth-order valence-electron chi connectivity index (χ4n) is 3.49. The summed E-state index contributed by atoms with van der Waals surface area (Å²) in [5.74, 6) is 3.58. The van der Waals surface area contributed by atoms with Crippen LogP contribution in [0.25, 0.3) is 0 Å². The van der Waals surface area contributed by atoms with Crippen LogP contribution in [0.1, 0.15) is 45.9 Å². The summed E-state index contributed by atoms with van der Waals surface area (Å²) in [6.45, 7) is 10.5. The Morgan fingerprint density at radius 1 is 1.39 bits per heavy atom. The largest absolute Gasteiger partial charge is 0.349 e. The average Bonchev–Trinajstić information content (AvgIpc) is 3.19. The molecule has 1 fully saturated rings. The van der Waals surface area contributed by atoms with E-state index in [2.05, 4.69) is 50.7 Å². The Morgan fingerprint density at radius 2 is 2.13 bits per heavy atom. The second kappa shape index (κ2) is 10.1. The van der Waals surface area contributed by atoms with Crippen LogP contribution in [-0.2, 0) is 13.1 Å². The third kappa shape index (κ3) is 5.06. The molecule has 0 aromatic carbocycles. The highest BCUT2D eigenvalue weighted by Crippen LogP contribution is 2.28. The van der Waals surface area contributed by atoms with E-state index in [1.165, 1.54) is 19.3 Å². The molecule has 0 radical (unpaired) electrons. The Morgan fingerprint density at radius 3 is 2.74 bits per heavy atom. The van der Waals surface area contributed by atoms with Gasteiger partial charge in [0.25, 0.3) is 0 Å². The summed E-state index contributed by atoms with van der Waals surface area (Å²) >= 11 is 0. The van der Waals surface area contributed by atoms with Crippen molar-refractivity contribution in [1.29, 1.82) is 0 Å². The molecule has 1 saturated heterocycles. The first-order chi connectivity index (χ1) is 10.7. The molecule has 0 saturated carbocycles. The van der Waals surface area contributed by atoms with Crippen molar-refractivity contribution in [1.82, 2.24) is 25.0 Å². The third-order valence-electron chi connectivity index (χ3n) is 4.89. The first kappa shape index (κ1) is 20.2. The number of aliphatic imine (C=N–C) groups is 1. The van der Waals surface area contributed by atoms with Gasteiger partial charge in [-0.15, -0.1) is 34.2 Å². The molecule has 0 aliphatic carbocycles. The van der Waals surface area contributed by atoms with Gasteiger partial charge in [-0.2, -0.15) is 0 Å². The van der Waals surface area contributed by atoms with Crippen LogP contribution in [0.15, 0.2) is 11.3 Å². The molecule has 1 aliphatic heterocycles. The van der Waals surface area contributed by atoms with Gasteiger partial charge >= 0.3 is 0 Å². The van der Waals surface area contributed by atoms with Gasteiger partial charge in [-0.25, -0.2) is 0 Å². The Hall–Kier alpha value is -0.860. The number of nitrogens with zero attached hydrogens (tertiary/aromatic N) is 5. The first-order valence-corrected chi connectivity index (χ1v) is 8.55. The minimum absolute atomic E-state index is 0. The summed E-state index contributed by atoms with van der Waals surface area (Å²) in [6, 6.07) is 0. The van der Waals surface area contributed by atoms with Gasteiger partial charge in [0, 0.05) is 26.7 Å². The second-order valence-electron chi connectivity index (χ2n) is 6.01. The molecule has 132 valence electrons. The minimum atomic E-state index is 0. The number of guanidine groups is 1. The molecule has 7 heteroatoms. The standard InChI is InChI=1S/C16H30N6.HI/c1-5-13(6-2)14-8-9-22(11-14)16(17-4)18-10-15-20-19-12-21(15)7-3;/h12-14H,5-11H2,1-4H3,(H,17,18);1H. The summed E-state index contributed by atoms with van der Waals surface area (Å²) in [5, 5.41) is 11.6. The Bertz CT molecular complexity index is 483. The van der Waals surface area contributed by atoms with Crippen molar-refractivity contribution in [3.63, 3.8) is 0 Å². The van der Waals surface area contributed by atoms with Crippen molar-refractivity contribution < 1.29 is 0 Å². The van der Waals surface area contributed by atoms with Crippen LogP contribution in [0.3, 0.4) is 0 Å². The molecule has 0 spiro atoms. The van der Waals surface area contributed by atoms with Crippen molar-refractivity contribution >= 4 is 29.9 Å². The fraction of sp³-hybridized carbons (Fsp3) is 0.812. The zero-order valence-electron chi connectivity index (χ0n) is 14.8. The molecule has 6 nitrogen and oxygen atoms in total. The molecule has 1 N–H and O–H groups in total. The fourth-order valence-corrected chi connectivity index (χ4v) is 3.49. The number of hydrogen-bond donors (Lipinski definition) is 1. The number of hydrogen-bond acceptors (Lipinski definition) is 3. The molecule has 1 aliphatic rings. The lowest BCUT2D eigenvalue weighted by Gasteiger charge is -2.24. The lowest BCUT2D eigenvalue weighted by Crippen LogP contribution is -2.40. The van der Waals surface area contributed by atoms with Gasteiger partial charge < -0.3 is 14.8 Å². The van der Waals surface area contributed by atoms with Gasteiger partial charge in [0.2, 0.25) is 0 Å². The molecule has 1 atom stereocenters. The lowest BCUT2D eigenvalue weighted by molar-refractivity contribution is 0.319. The van der Waals surface area contributed by atoms with Crippen molar-refractivity contribution in [2.45, 2.75) is 53.1 Å². The molecule has 2 rings (SSSR count). The van der Waals surface area contributed by atoms with Crippen molar-refractivity contribution in [2.75, 3.05) is 20.1 Å². The molecule has 1 aromatic rings. The van der Waals surface area contributed by atoms with Gasteiger partial charge in [0.1, 0.15) is 6.33 Å². The second-order valence-corrected chi connectivity index (χ2v) is 6.01. The van der Waals surface area contributed by atoms with Crippen LogP contribution in [0.2, 0.25) is 0 Å². The van der Waals surface area contributed by atoms with Crippen LogP contribution < -0.4 is 5.32 Å². The van der Waals surface area contributed by atoms with Crippen molar-refractivity contribution in [2.24, 2.45) is 16.8 Å². The van der Waals surface area contributed by atoms with Gasteiger partial charge in [0.05, 0.1) is 6.54 Å². The highest BCUT2D eigenvalue weighted by Gasteiger charge is 2.29. The molecule has 2 heterocycles. The van der Waals surface area contributed by atoms with Gasteiger partial charge in [0.15, 0.2) is 11.8 Å². The average molecular weight is 434 g/mol. The number of nitrogens with one attached hydrogen (secondary N) is 1. The maximum absolute atomic E-state index is 4.44. The Balaban J connectivity index is 0.00000264. The normalized spacial score (nSPS) is 18.4. The van der Waals surface area contributed by atoms with Crippen LogP contribution in [0.4, 0.5) is 0 Å². The van der Waals surface area contributed by atoms with Crippen molar-refractivity contribution in [3.8, 4) is 0 Å². The van der Waals surface area contributed by atoms with E-state index in [9.17, 15) is 0 Å². The minimum Gasteiger partial charge on any atom is -0.349 e. The smallest absolute Gasteiger partial charge is 0.194 e. The maximum atomic E-state index is 4.44. The van der Waals surface area contributed by atoms with Crippen molar-refractivity contribution in [3.05, 3.63) is 12.2 Å². The summed E-state index contributed by atoms with van der Waals surface area (Å²) in [7, 11) is 1.86. The van der Waals surface area contributed by atoms with Crippen LogP contribution >= 0.6 is 24.0 Å². The Kier molecular flexibility index (Phi) is 8.86. The molecule has 0 amide bonds. The number of aryl methyl sites for hydroxylation is 1. The summed E-state index contributed by atoms with van der Waals surface area (Å²) in [4.78, 5) is 6.83. The number of likely N-dealkylation sites (tertiary alicyclic amines) is 1. The quantitative estimate of drug-likeness (QED) is 0.425. The van der Waals surface area contributed by atoms with E-state index < -0.39 is 0 Å². The maximum Gasteiger partial charge on any atom is 0.194 e. The zero-order valence-corrected chi connectivity index (χ0v) is 17.2. The van der Waals surface area contributed by atoms with Crippen LogP contribution in [0, 0.1) is 11.8 Å². The van der Waals surface area contributed by atoms with Gasteiger partial charge in [-0.3, -0.25) is 4.99 Å². The monoisotopic (exact) mass is 434 g/mol. The van der Waals surface area contributed by atoms with Crippen LogP contribution in [-0.4, -0.2) is 45.8 Å². The molecule has 23 heavy (non-hydrogen) atoms. The van der Waals surface area contributed by atoms with Crippen LogP contribution in [0.5, 0.6) is 0 Å². The topological polar surface area (TPSA) is 58.3 Å². The molecular formula is C16H31IN6. The highest BCUT2D eigenvalue weighted by atomic mass is 127. The highest BCUT2D eigenvalue weighted by molar-refractivity contribution is 14.0. The molecular weight excluding hydrogens is 403 g/mol. The molecule has 1 aromatic heterocycles. The summed E-state index contributed by atoms with van der Waals surface area (Å²) in [5.41, 5.74) is 0. The predicted octanol–water partition coefficient (Wildman–Crippen LogP) is 2.75. The van der Waals surface area contributed by atoms with Gasteiger partial charge in [-0.05, 0) is 25.2 Å². The Labute approximate surface area is 157 Å². The molecule has 0 bridgehead atoms. The zero-order chi connectivity index (χ0) is 15.9. The third-order valence-corrected chi connectivity index (χ3v) is 4.89. The van der Waals surface area contributed by atoms with E-state index in [-0.39, 0.29) is 24.0 Å². The summed E-state index contributed by atoms with van der Waals surface area (Å²) in [6.07, 6.45) is 5.61. The van der Waals surface area contributed by atoms with Gasteiger partial charge in [-0.1, -0.05) is 26.7 Å².